The molecule has 0 spiro atoms. The van der Waals surface area contributed by atoms with Crippen LogP contribution < -0.4 is 10.9 Å². The van der Waals surface area contributed by atoms with E-state index in [0.29, 0.717) is 34.6 Å². The Morgan fingerprint density at radius 1 is 1.09 bits per heavy atom. The summed E-state index contributed by atoms with van der Waals surface area (Å²) in [7, 11) is 0. The molecule has 4 rings (SSSR count). The van der Waals surface area contributed by atoms with Crippen LogP contribution >= 0.6 is 24.8 Å². The Morgan fingerprint density at radius 3 is 2.64 bits per heavy atom. The molecule has 174 valence electrons. The van der Waals surface area contributed by atoms with Gasteiger partial charge in [0.2, 0.25) is 0 Å². The Hall–Kier alpha value is -2.96. The SMILES string of the molecule is CC(C)c1ccc2nc3ccc(C(=O)NCCCCc4cccnc4)cn3c(=O)c2c1.Cl.Cl. The number of pyridine rings is 2. The smallest absolute Gasteiger partial charge is 0.265 e. The number of rotatable bonds is 7. The summed E-state index contributed by atoms with van der Waals surface area (Å²) in [6.45, 7) is 4.76. The fourth-order valence-corrected chi connectivity index (χ4v) is 3.62. The van der Waals surface area contributed by atoms with E-state index in [1.807, 2.05) is 30.5 Å². The van der Waals surface area contributed by atoms with Crippen LogP contribution in [0, 0.1) is 0 Å². The highest BCUT2D eigenvalue weighted by atomic mass is 35.5. The van der Waals surface area contributed by atoms with Crippen LogP contribution in [0.15, 0.2) is 65.8 Å². The van der Waals surface area contributed by atoms with Crippen LogP contribution in [0.1, 0.15) is 54.1 Å². The summed E-state index contributed by atoms with van der Waals surface area (Å²) in [5.41, 5.74) is 3.77. The number of amides is 1. The van der Waals surface area contributed by atoms with Gasteiger partial charge in [-0.2, -0.15) is 0 Å². The van der Waals surface area contributed by atoms with E-state index in [0.717, 1.165) is 24.8 Å². The molecule has 3 aromatic heterocycles. The topological polar surface area (TPSA) is 76.4 Å². The third-order valence-corrected chi connectivity index (χ3v) is 5.46. The van der Waals surface area contributed by atoms with Crippen molar-refractivity contribution >= 4 is 47.3 Å². The maximum atomic E-state index is 13.1. The van der Waals surface area contributed by atoms with Gasteiger partial charge in [-0.3, -0.25) is 19.0 Å². The monoisotopic (exact) mass is 486 g/mol. The first-order chi connectivity index (χ1) is 15.0. The number of halogens is 2. The van der Waals surface area contributed by atoms with E-state index < -0.39 is 0 Å². The maximum absolute atomic E-state index is 13.1. The van der Waals surface area contributed by atoms with Crippen molar-refractivity contribution in [2.45, 2.75) is 39.0 Å². The fourth-order valence-electron chi connectivity index (χ4n) is 3.62. The zero-order valence-corrected chi connectivity index (χ0v) is 20.3. The van der Waals surface area contributed by atoms with Gasteiger partial charge in [-0.05, 0) is 66.6 Å². The summed E-state index contributed by atoms with van der Waals surface area (Å²) in [5, 5.41) is 3.51. The first-order valence-electron chi connectivity index (χ1n) is 10.7. The Bertz CT molecular complexity index is 1290. The van der Waals surface area contributed by atoms with Gasteiger partial charge < -0.3 is 5.32 Å². The van der Waals surface area contributed by atoms with Gasteiger partial charge >= 0.3 is 0 Å². The molecule has 0 aliphatic carbocycles. The Kier molecular flexibility index (Phi) is 9.38. The number of fused-ring (bicyclic) bond motifs is 2. The van der Waals surface area contributed by atoms with Crippen LogP contribution in [-0.4, -0.2) is 26.8 Å². The number of hydrogen-bond acceptors (Lipinski definition) is 4. The lowest BCUT2D eigenvalue weighted by Crippen LogP contribution is -2.26. The lowest BCUT2D eigenvalue weighted by atomic mass is 10.0. The van der Waals surface area contributed by atoms with Crippen LogP contribution in [0.2, 0.25) is 0 Å². The molecule has 0 aliphatic heterocycles. The first kappa shape index (κ1) is 26.3. The van der Waals surface area contributed by atoms with E-state index in [1.54, 1.807) is 24.5 Å². The van der Waals surface area contributed by atoms with Gasteiger partial charge in [-0.25, -0.2) is 4.98 Å². The van der Waals surface area contributed by atoms with Crippen molar-refractivity contribution in [2.75, 3.05) is 6.54 Å². The molecule has 3 heterocycles. The molecule has 1 aromatic carbocycles. The molecule has 4 aromatic rings. The normalized spacial score (nSPS) is 10.6. The van der Waals surface area contributed by atoms with Crippen LogP contribution in [-0.2, 0) is 6.42 Å². The quantitative estimate of drug-likeness (QED) is 0.295. The molecular formula is C25H28Cl2N4O2. The largest absolute Gasteiger partial charge is 0.352 e. The molecule has 0 aliphatic rings. The Balaban J connectivity index is 0.00000193. The maximum Gasteiger partial charge on any atom is 0.265 e. The molecule has 6 nitrogen and oxygen atoms in total. The van der Waals surface area contributed by atoms with Crippen molar-refractivity contribution in [1.29, 1.82) is 0 Å². The van der Waals surface area contributed by atoms with Crippen molar-refractivity contribution in [3.63, 3.8) is 0 Å². The summed E-state index contributed by atoms with van der Waals surface area (Å²) in [5.74, 6) is 0.131. The van der Waals surface area contributed by atoms with Gasteiger partial charge in [0.15, 0.2) is 0 Å². The predicted molar refractivity (Wildman–Crippen MR) is 137 cm³/mol. The Labute approximate surface area is 205 Å². The second-order valence-electron chi connectivity index (χ2n) is 8.07. The molecule has 1 N–H and O–H groups in total. The molecule has 33 heavy (non-hydrogen) atoms. The first-order valence-corrected chi connectivity index (χ1v) is 10.7. The molecule has 0 saturated heterocycles. The second-order valence-corrected chi connectivity index (χ2v) is 8.07. The van der Waals surface area contributed by atoms with Crippen molar-refractivity contribution in [3.8, 4) is 0 Å². The third kappa shape index (κ3) is 6.09. The van der Waals surface area contributed by atoms with Gasteiger partial charge in [-0.1, -0.05) is 26.0 Å². The molecule has 0 radical (unpaired) electrons. The van der Waals surface area contributed by atoms with Crippen molar-refractivity contribution in [2.24, 2.45) is 0 Å². The van der Waals surface area contributed by atoms with Crippen molar-refractivity contribution < 1.29 is 4.79 Å². The van der Waals surface area contributed by atoms with Crippen LogP contribution in [0.5, 0.6) is 0 Å². The van der Waals surface area contributed by atoms with E-state index in [1.165, 1.54) is 9.96 Å². The summed E-state index contributed by atoms with van der Waals surface area (Å²) < 4.78 is 1.46. The van der Waals surface area contributed by atoms with Crippen molar-refractivity contribution in [1.82, 2.24) is 19.7 Å². The average Bonchev–Trinajstić information content (AvgIpc) is 2.79. The summed E-state index contributed by atoms with van der Waals surface area (Å²) in [6, 6.07) is 13.2. The van der Waals surface area contributed by atoms with Crippen LogP contribution in [0.4, 0.5) is 0 Å². The number of aryl methyl sites for hydroxylation is 1. The summed E-state index contributed by atoms with van der Waals surface area (Å²) in [6.07, 6.45) is 7.99. The Morgan fingerprint density at radius 2 is 1.91 bits per heavy atom. The summed E-state index contributed by atoms with van der Waals surface area (Å²) in [4.78, 5) is 34.3. The number of hydrogen-bond donors (Lipinski definition) is 1. The van der Waals surface area contributed by atoms with Gasteiger partial charge in [0.05, 0.1) is 16.5 Å². The van der Waals surface area contributed by atoms with E-state index >= 15 is 0 Å². The third-order valence-electron chi connectivity index (χ3n) is 5.46. The molecule has 8 heteroatoms. The van der Waals surface area contributed by atoms with Crippen LogP contribution in [0.3, 0.4) is 0 Å². The van der Waals surface area contributed by atoms with Gasteiger partial charge in [0.1, 0.15) is 5.65 Å². The average molecular weight is 487 g/mol. The molecule has 0 bridgehead atoms. The fraction of sp³-hybridized carbons (Fsp3) is 0.280. The lowest BCUT2D eigenvalue weighted by molar-refractivity contribution is 0.0952. The minimum absolute atomic E-state index is 0. The minimum atomic E-state index is -0.189. The van der Waals surface area contributed by atoms with Crippen molar-refractivity contribution in [3.05, 3.63) is 88.1 Å². The highest BCUT2D eigenvalue weighted by Crippen LogP contribution is 2.19. The number of nitrogens with one attached hydrogen (secondary N) is 1. The minimum Gasteiger partial charge on any atom is -0.352 e. The standard InChI is InChI=1S/C25H26N4O2.2ClH/c1-17(2)19-8-10-22-21(14-19)25(31)29-16-20(9-11-23(29)28-22)24(30)27-13-4-3-6-18-7-5-12-26-15-18;;/h5,7-12,14-17H,3-4,6,13H2,1-2H3,(H,27,30);2*1H. The van der Waals surface area contributed by atoms with E-state index in [4.69, 9.17) is 0 Å². The van der Waals surface area contributed by atoms with E-state index in [2.05, 4.69) is 35.2 Å². The predicted octanol–water partition coefficient (Wildman–Crippen LogP) is 4.96. The summed E-state index contributed by atoms with van der Waals surface area (Å²) >= 11 is 0. The highest BCUT2D eigenvalue weighted by Gasteiger charge is 2.11. The zero-order chi connectivity index (χ0) is 21.8. The molecule has 0 fully saturated rings. The molecule has 0 unspecified atom stereocenters. The van der Waals surface area contributed by atoms with E-state index in [-0.39, 0.29) is 36.3 Å². The molecule has 1 amide bonds. The molecular weight excluding hydrogens is 459 g/mol. The number of nitrogens with zero attached hydrogens (tertiary/aromatic N) is 3. The number of unbranched alkanes of at least 4 members (excludes halogenated alkanes) is 1. The highest BCUT2D eigenvalue weighted by molar-refractivity contribution is 5.94. The number of carbonyl (C=O) groups excluding carboxylic acids is 1. The molecule has 0 saturated carbocycles. The number of carbonyl (C=O) groups is 1. The van der Waals surface area contributed by atoms with E-state index in [9.17, 15) is 9.59 Å². The lowest BCUT2D eigenvalue weighted by Gasteiger charge is -2.09. The van der Waals surface area contributed by atoms with Gasteiger partial charge in [0, 0.05) is 25.1 Å². The number of aromatic nitrogens is 3. The van der Waals surface area contributed by atoms with Gasteiger partial charge in [-0.15, -0.1) is 24.8 Å². The second kappa shape index (κ2) is 11.8. The van der Waals surface area contributed by atoms with Gasteiger partial charge in [0.25, 0.3) is 11.5 Å². The van der Waals surface area contributed by atoms with Crippen LogP contribution in [0.25, 0.3) is 16.6 Å². The zero-order valence-electron chi connectivity index (χ0n) is 18.7. The number of benzene rings is 1. The molecule has 0 atom stereocenters.